The predicted molar refractivity (Wildman–Crippen MR) is 73.6 cm³/mol. The third-order valence-electron chi connectivity index (χ3n) is 2.49. The fraction of sp³-hybridized carbons (Fsp3) is 0.308. The summed E-state index contributed by atoms with van der Waals surface area (Å²) in [4.78, 5) is 12.8. The molecule has 2 aromatic rings. The average Bonchev–Trinajstić information content (AvgIpc) is 2.46. The van der Waals surface area contributed by atoms with Crippen LogP contribution in [0.3, 0.4) is 0 Å². The molecule has 0 aromatic carbocycles. The molecule has 2 N–H and O–H groups in total. The van der Waals surface area contributed by atoms with Crippen molar-refractivity contribution in [3.05, 3.63) is 30.6 Å². The summed E-state index contributed by atoms with van der Waals surface area (Å²) in [5.74, 6) is 1.50. The molecule has 0 amide bonds. The van der Waals surface area contributed by atoms with Crippen LogP contribution in [0.4, 0.5) is 11.8 Å². The summed E-state index contributed by atoms with van der Waals surface area (Å²) in [6.07, 6.45) is 4.64. The third kappa shape index (κ3) is 2.94. The molecule has 5 heteroatoms. The first-order chi connectivity index (χ1) is 8.83. The van der Waals surface area contributed by atoms with E-state index in [1.165, 1.54) is 0 Å². The molecule has 0 aliphatic rings. The lowest BCUT2D eigenvalue weighted by Crippen LogP contribution is -2.01. The lowest BCUT2D eigenvalue weighted by Gasteiger charge is -2.05. The molecule has 2 rings (SSSR count). The quantitative estimate of drug-likeness (QED) is 0.844. The van der Waals surface area contributed by atoms with Crippen molar-refractivity contribution in [1.29, 1.82) is 0 Å². The van der Waals surface area contributed by atoms with Crippen molar-refractivity contribution in [1.82, 2.24) is 15.0 Å². The number of aromatic nitrogens is 3. The van der Waals surface area contributed by atoms with E-state index in [1.807, 2.05) is 24.4 Å². The third-order valence-corrected chi connectivity index (χ3v) is 2.49. The second-order valence-corrected chi connectivity index (χ2v) is 3.87. The summed E-state index contributed by atoms with van der Waals surface area (Å²) in [7, 11) is 1.80. The number of pyridine rings is 1. The molecular weight excluding hydrogens is 226 g/mol. The van der Waals surface area contributed by atoms with Crippen LogP contribution in [0.15, 0.2) is 30.6 Å². The number of anilines is 2. The van der Waals surface area contributed by atoms with E-state index in [0.29, 0.717) is 5.95 Å². The number of hydrogen-bond donors (Lipinski definition) is 2. The maximum absolute atomic E-state index is 4.37. The minimum absolute atomic E-state index is 0.612. The first-order valence-corrected chi connectivity index (χ1v) is 6.04. The first kappa shape index (κ1) is 12.3. The highest BCUT2D eigenvalue weighted by Crippen LogP contribution is 2.17. The van der Waals surface area contributed by atoms with Crippen LogP contribution in [0.5, 0.6) is 0 Å². The van der Waals surface area contributed by atoms with Crippen molar-refractivity contribution in [2.75, 3.05) is 24.2 Å². The maximum atomic E-state index is 4.37. The standard InChI is InChI=1S/C13H17N5/c1-3-7-15-12-5-4-10(9-17-12)11-6-8-16-13(14-2)18-11/h4-6,8-9H,3,7H2,1-2H3,(H,15,17)(H,14,16,18). The normalized spacial score (nSPS) is 10.1. The van der Waals surface area contributed by atoms with Crippen LogP contribution in [0.1, 0.15) is 13.3 Å². The Kier molecular flexibility index (Phi) is 4.06. The van der Waals surface area contributed by atoms with Gasteiger partial charge in [0.15, 0.2) is 0 Å². The monoisotopic (exact) mass is 243 g/mol. The minimum atomic E-state index is 0.612. The lowest BCUT2D eigenvalue weighted by molar-refractivity contribution is 0.969. The molecule has 2 heterocycles. The van der Waals surface area contributed by atoms with E-state index in [-0.39, 0.29) is 0 Å². The molecule has 0 saturated carbocycles. The lowest BCUT2D eigenvalue weighted by atomic mass is 10.2. The van der Waals surface area contributed by atoms with Gasteiger partial charge in [-0.1, -0.05) is 6.92 Å². The molecule has 0 bridgehead atoms. The summed E-state index contributed by atoms with van der Waals surface area (Å²) < 4.78 is 0. The minimum Gasteiger partial charge on any atom is -0.370 e. The Morgan fingerprint density at radius 2 is 2.06 bits per heavy atom. The summed E-state index contributed by atoms with van der Waals surface area (Å²) in [5.41, 5.74) is 1.85. The maximum Gasteiger partial charge on any atom is 0.222 e. The molecule has 18 heavy (non-hydrogen) atoms. The molecule has 0 saturated heterocycles. The van der Waals surface area contributed by atoms with Gasteiger partial charge in [-0.05, 0) is 24.6 Å². The van der Waals surface area contributed by atoms with E-state index < -0.39 is 0 Å². The Balaban J connectivity index is 2.17. The van der Waals surface area contributed by atoms with Crippen LogP contribution in [0.2, 0.25) is 0 Å². The van der Waals surface area contributed by atoms with Gasteiger partial charge in [-0.3, -0.25) is 0 Å². The van der Waals surface area contributed by atoms with Gasteiger partial charge in [0.2, 0.25) is 5.95 Å². The van der Waals surface area contributed by atoms with E-state index in [2.05, 4.69) is 32.5 Å². The zero-order valence-corrected chi connectivity index (χ0v) is 10.6. The Hall–Kier alpha value is -2.17. The zero-order chi connectivity index (χ0) is 12.8. The van der Waals surface area contributed by atoms with Crippen LogP contribution in [0.25, 0.3) is 11.3 Å². The van der Waals surface area contributed by atoms with Gasteiger partial charge in [0, 0.05) is 31.5 Å². The number of nitrogens with zero attached hydrogens (tertiary/aromatic N) is 3. The highest BCUT2D eigenvalue weighted by molar-refractivity contribution is 5.60. The molecular formula is C13H17N5. The van der Waals surface area contributed by atoms with Crippen LogP contribution >= 0.6 is 0 Å². The van der Waals surface area contributed by atoms with E-state index in [1.54, 1.807) is 13.2 Å². The zero-order valence-electron chi connectivity index (χ0n) is 10.6. The van der Waals surface area contributed by atoms with Crippen molar-refractivity contribution in [3.8, 4) is 11.3 Å². The van der Waals surface area contributed by atoms with E-state index in [4.69, 9.17) is 0 Å². The van der Waals surface area contributed by atoms with Crippen LogP contribution in [0, 0.1) is 0 Å². The Labute approximate surface area is 107 Å². The van der Waals surface area contributed by atoms with Crippen molar-refractivity contribution in [2.45, 2.75) is 13.3 Å². The van der Waals surface area contributed by atoms with Crippen LogP contribution in [-0.2, 0) is 0 Å². The molecule has 2 aromatic heterocycles. The number of rotatable bonds is 5. The largest absolute Gasteiger partial charge is 0.370 e. The van der Waals surface area contributed by atoms with Crippen molar-refractivity contribution < 1.29 is 0 Å². The van der Waals surface area contributed by atoms with Gasteiger partial charge in [-0.25, -0.2) is 15.0 Å². The van der Waals surface area contributed by atoms with Crippen LogP contribution < -0.4 is 10.6 Å². The van der Waals surface area contributed by atoms with Crippen LogP contribution in [-0.4, -0.2) is 28.5 Å². The fourth-order valence-electron chi connectivity index (χ4n) is 1.54. The molecule has 0 atom stereocenters. The van der Waals surface area contributed by atoms with E-state index in [9.17, 15) is 0 Å². The van der Waals surface area contributed by atoms with Gasteiger partial charge < -0.3 is 10.6 Å². The van der Waals surface area contributed by atoms with Gasteiger partial charge in [-0.15, -0.1) is 0 Å². The van der Waals surface area contributed by atoms with Gasteiger partial charge in [0.05, 0.1) is 5.69 Å². The molecule has 0 aliphatic heterocycles. The Morgan fingerprint density at radius 3 is 2.72 bits per heavy atom. The topological polar surface area (TPSA) is 62.7 Å². The Morgan fingerprint density at radius 1 is 1.17 bits per heavy atom. The van der Waals surface area contributed by atoms with Gasteiger partial charge in [-0.2, -0.15) is 0 Å². The smallest absolute Gasteiger partial charge is 0.222 e. The van der Waals surface area contributed by atoms with Crippen molar-refractivity contribution in [3.63, 3.8) is 0 Å². The molecule has 94 valence electrons. The fourth-order valence-corrected chi connectivity index (χ4v) is 1.54. The second-order valence-electron chi connectivity index (χ2n) is 3.87. The highest BCUT2D eigenvalue weighted by Gasteiger charge is 2.02. The molecule has 0 fully saturated rings. The predicted octanol–water partition coefficient (Wildman–Crippen LogP) is 2.40. The summed E-state index contributed by atoms with van der Waals surface area (Å²) >= 11 is 0. The molecule has 0 spiro atoms. The van der Waals surface area contributed by atoms with E-state index >= 15 is 0 Å². The highest BCUT2D eigenvalue weighted by atomic mass is 15.1. The molecule has 5 nitrogen and oxygen atoms in total. The molecule has 0 aliphatic carbocycles. The van der Waals surface area contributed by atoms with Gasteiger partial charge in [0.25, 0.3) is 0 Å². The van der Waals surface area contributed by atoms with Gasteiger partial charge >= 0.3 is 0 Å². The molecule has 0 radical (unpaired) electrons. The van der Waals surface area contributed by atoms with E-state index in [0.717, 1.165) is 30.0 Å². The van der Waals surface area contributed by atoms with Gasteiger partial charge in [0.1, 0.15) is 5.82 Å². The average molecular weight is 243 g/mol. The SMILES string of the molecule is CCCNc1ccc(-c2ccnc(NC)n2)cn1. The Bertz CT molecular complexity index is 495. The number of hydrogen-bond acceptors (Lipinski definition) is 5. The number of nitrogens with one attached hydrogen (secondary N) is 2. The second kappa shape index (κ2) is 5.95. The first-order valence-electron chi connectivity index (χ1n) is 6.04. The van der Waals surface area contributed by atoms with Crippen molar-refractivity contribution >= 4 is 11.8 Å². The van der Waals surface area contributed by atoms with Crippen molar-refractivity contribution in [2.24, 2.45) is 0 Å². The summed E-state index contributed by atoms with van der Waals surface area (Å²) in [6.45, 7) is 3.06. The summed E-state index contributed by atoms with van der Waals surface area (Å²) in [6, 6.07) is 5.84. The molecule has 0 unspecified atom stereocenters. The summed E-state index contributed by atoms with van der Waals surface area (Å²) in [5, 5.41) is 6.16.